The highest BCUT2D eigenvalue weighted by atomic mass is 35.5. The molecule has 0 aliphatic carbocycles. The molecule has 0 fully saturated rings. The highest BCUT2D eigenvalue weighted by Gasteiger charge is 2.13. The minimum atomic E-state index is 0. The molecule has 0 unspecified atom stereocenters. The number of thioether (sulfide) groups is 1. The minimum Gasteiger partial charge on any atom is -0.497 e. The lowest BCUT2D eigenvalue weighted by Crippen LogP contribution is -2.20. The fourth-order valence-corrected chi connectivity index (χ4v) is 4.49. The van der Waals surface area contributed by atoms with E-state index in [1.54, 1.807) is 7.11 Å². The molecule has 3 aromatic carbocycles. The lowest BCUT2D eigenvalue weighted by molar-refractivity contribution is 0.414. The van der Waals surface area contributed by atoms with Crippen LogP contribution in [-0.4, -0.2) is 33.0 Å². The van der Waals surface area contributed by atoms with E-state index in [9.17, 15) is 0 Å². The van der Waals surface area contributed by atoms with Crippen LogP contribution in [0.4, 0.5) is 5.69 Å². The van der Waals surface area contributed by atoms with Crippen molar-refractivity contribution in [3.63, 3.8) is 0 Å². The molecule has 4 rings (SSSR count). The number of hydrogen-bond donors (Lipinski definition) is 0. The Morgan fingerprint density at radius 1 is 0.938 bits per heavy atom. The quantitative estimate of drug-likeness (QED) is 0.358. The molecule has 0 saturated heterocycles. The fraction of sp³-hybridized carbons (Fsp3) is 0.192. The third-order valence-electron chi connectivity index (χ3n) is 5.20. The number of aliphatic imine (C=N–C) groups is 1. The van der Waals surface area contributed by atoms with Gasteiger partial charge in [0.05, 0.1) is 19.4 Å². The van der Waals surface area contributed by atoms with Crippen LogP contribution in [0, 0.1) is 0 Å². The zero-order chi connectivity index (χ0) is 20.8. The second-order valence-corrected chi connectivity index (χ2v) is 8.23. The van der Waals surface area contributed by atoms with E-state index in [1.165, 1.54) is 27.3 Å². The van der Waals surface area contributed by atoms with E-state index in [2.05, 4.69) is 84.8 Å². The summed E-state index contributed by atoms with van der Waals surface area (Å²) in [6.45, 7) is 1.74. The zero-order valence-corrected chi connectivity index (χ0v) is 20.7. The van der Waals surface area contributed by atoms with Gasteiger partial charge in [-0.25, -0.2) is 0 Å². The summed E-state index contributed by atoms with van der Waals surface area (Å²) in [5.41, 5.74) is 5.97. The van der Waals surface area contributed by atoms with Crippen LogP contribution in [0.2, 0.25) is 0 Å². The second kappa shape index (κ2) is 12.6. The highest BCUT2D eigenvalue weighted by molar-refractivity contribution is 7.98. The monoisotopic (exact) mass is 486 g/mol. The molecule has 3 nitrogen and oxygen atoms in total. The highest BCUT2D eigenvalue weighted by Crippen LogP contribution is 2.29. The van der Waals surface area contributed by atoms with Crippen LogP contribution >= 0.6 is 36.6 Å². The van der Waals surface area contributed by atoms with Gasteiger partial charge in [0.2, 0.25) is 0 Å². The summed E-state index contributed by atoms with van der Waals surface area (Å²) in [6.07, 6.45) is 4.35. The van der Waals surface area contributed by atoms with Gasteiger partial charge < -0.3 is 9.64 Å². The fourth-order valence-electron chi connectivity index (χ4n) is 3.49. The van der Waals surface area contributed by atoms with Crippen molar-refractivity contribution in [2.24, 2.45) is 4.99 Å². The molecule has 0 N–H and O–H groups in total. The third kappa shape index (κ3) is 6.32. The molecule has 6 heteroatoms. The lowest BCUT2D eigenvalue weighted by Gasteiger charge is -2.18. The average Bonchev–Trinajstić information content (AvgIpc) is 2.96. The predicted molar refractivity (Wildman–Crippen MR) is 144 cm³/mol. The van der Waals surface area contributed by atoms with Crippen LogP contribution in [0.5, 0.6) is 5.75 Å². The summed E-state index contributed by atoms with van der Waals surface area (Å²) < 4.78 is 5.25. The number of nitrogens with zero attached hydrogens (tertiary/aromatic N) is 2. The number of halogens is 2. The van der Waals surface area contributed by atoms with Crippen LogP contribution < -0.4 is 9.64 Å². The molecule has 0 radical (unpaired) electrons. The van der Waals surface area contributed by atoms with E-state index in [0.29, 0.717) is 0 Å². The number of benzodiazepines with no additional fused rings is 1. The van der Waals surface area contributed by atoms with E-state index >= 15 is 0 Å². The van der Waals surface area contributed by atoms with Crippen molar-refractivity contribution in [3.05, 3.63) is 95.6 Å². The Bertz CT molecular complexity index is 1070. The lowest BCUT2D eigenvalue weighted by atomic mass is 10.1. The van der Waals surface area contributed by atoms with Crippen LogP contribution in [-0.2, 0) is 5.75 Å². The van der Waals surface area contributed by atoms with Crippen LogP contribution in [0.1, 0.15) is 16.7 Å². The Labute approximate surface area is 207 Å². The summed E-state index contributed by atoms with van der Waals surface area (Å²) in [4.78, 5) is 8.38. The molecule has 0 aromatic heterocycles. The van der Waals surface area contributed by atoms with Gasteiger partial charge >= 0.3 is 0 Å². The van der Waals surface area contributed by atoms with Gasteiger partial charge in [0.1, 0.15) is 5.75 Å². The minimum absolute atomic E-state index is 0. The molecule has 0 spiro atoms. The molecule has 1 aliphatic rings. The Morgan fingerprint density at radius 3 is 2.44 bits per heavy atom. The zero-order valence-electron chi connectivity index (χ0n) is 18.2. The molecule has 1 heterocycles. The first-order chi connectivity index (χ1) is 14.7. The van der Waals surface area contributed by atoms with Crippen molar-refractivity contribution in [1.29, 1.82) is 0 Å². The Morgan fingerprint density at radius 2 is 1.66 bits per heavy atom. The maximum Gasteiger partial charge on any atom is 0.118 e. The van der Waals surface area contributed by atoms with E-state index in [0.717, 1.165) is 30.3 Å². The standard InChI is InChI=1S/C26H26N2OS.2ClH/c1-28-18-17-27-24(23-8-4-5-9-25(23)28)16-13-21-7-3-6-10-26(21)30-19-20-11-14-22(29-2)15-12-20;;/h3-16H,17-19H2,1-2H3;2*1H/b16-13+;;. The Balaban J connectivity index is 0.00000181. The summed E-state index contributed by atoms with van der Waals surface area (Å²) in [5, 5.41) is 0. The van der Waals surface area contributed by atoms with Crippen molar-refractivity contribution in [1.82, 2.24) is 0 Å². The topological polar surface area (TPSA) is 24.8 Å². The predicted octanol–water partition coefficient (Wildman–Crippen LogP) is 6.78. The van der Waals surface area contributed by atoms with Gasteiger partial charge in [-0.2, -0.15) is 0 Å². The number of rotatable bonds is 6. The number of anilines is 1. The van der Waals surface area contributed by atoms with Gasteiger partial charge in [0.15, 0.2) is 0 Å². The first-order valence-corrected chi connectivity index (χ1v) is 11.1. The molecule has 0 atom stereocenters. The van der Waals surface area contributed by atoms with Gasteiger partial charge in [-0.1, -0.05) is 54.6 Å². The van der Waals surface area contributed by atoms with Gasteiger partial charge in [0.25, 0.3) is 0 Å². The van der Waals surface area contributed by atoms with E-state index in [1.807, 2.05) is 23.9 Å². The number of fused-ring (bicyclic) bond motifs is 1. The summed E-state index contributed by atoms with van der Waals surface area (Å²) >= 11 is 1.85. The molecule has 1 aliphatic heterocycles. The van der Waals surface area contributed by atoms with Crippen LogP contribution in [0.15, 0.2) is 88.8 Å². The number of hydrogen-bond acceptors (Lipinski definition) is 4. The summed E-state index contributed by atoms with van der Waals surface area (Å²) in [7, 11) is 3.83. The van der Waals surface area contributed by atoms with E-state index in [4.69, 9.17) is 9.73 Å². The number of ether oxygens (including phenoxy) is 1. The van der Waals surface area contributed by atoms with Crippen molar-refractivity contribution in [2.75, 3.05) is 32.1 Å². The maximum absolute atomic E-state index is 5.25. The average molecular weight is 487 g/mol. The number of likely N-dealkylation sites (N-methyl/N-ethyl adjacent to an activating group) is 1. The van der Waals surface area contributed by atoms with Gasteiger partial charge in [-0.3, -0.25) is 4.99 Å². The number of para-hydroxylation sites is 1. The molecular weight excluding hydrogens is 459 g/mol. The SMILES string of the molecule is COc1ccc(CSc2ccccc2/C=C/C2=NCCN(C)c3ccccc32)cc1.Cl.Cl. The smallest absolute Gasteiger partial charge is 0.118 e. The van der Waals surface area contributed by atoms with E-state index in [-0.39, 0.29) is 24.8 Å². The van der Waals surface area contributed by atoms with Crippen LogP contribution in [0.25, 0.3) is 6.08 Å². The van der Waals surface area contributed by atoms with E-state index < -0.39 is 0 Å². The Kier molecular flexibility index (Phi) is 10.2. The van der Waals surface area contributed by atoms with Crippen molar-refractivity contribution in [2.45, 2.75) is 10.6 Å². The van der Waals surface area contributed by atoms with Crippen molar-refractivity contribution >= 4 is 54.1 Å². The molecule has 3 aromatic rings. The molecule has 32 heavy (non-hydrogen) atoms. The maximum atomic E-state index is 5.25. The Hall–Kier alpha value is -2.40. The van der Waals surface area contributed by atoms with Crippen molar-refractivity contribution in [3.8, 4) is 5.75 Å². The normalized spacial score (nSPS) is 12.8. The first-order valence-electron chi connectivity index (χ1n) is 10.1. The molecule has 0 amide bonds. The van der Waals surface area contributed by atoms with Gasteiger partial charge in [-0.15, -0.1) is 36.6 Å². The molecule has 0 bridgehead atoms. The molecule has 168 valence electrons. The van der Waals surface area contributed by atoms with Gasteiger partial charge in [-0.05, 0) is 41.5 Å². The molecular formula is C26H28Cl2N2OS. The second-order valence-electron chi connectivity index (χ2n) is 7.21. The van der Waals surface area contributed by atoms with Crippen LogP contribution in [0.3, 0.4) is 0 Å². The molecule has 0 saturated carbocycles. The first kappa shape index (κ1) is 25.9. The summed E-state index contributed by atoms with van der Waals surface area (Å²) in [5.74, 6) is 1.81. The van der Waals surface area contributed by atoms with Crippen molar-refractivity contribution < 1.29 is 4.74 Å². The number of allylic oxidation sites excluding steroid dienone is 1. The summed E-state index contributed by atoms with van der Waals surface area (Å²) in [6, 6.07) is 25.3. The largest absolute Gasteiger partial charge is 0.497 e. The third-order valence-corrected chi connectivity index (χ3v) is 6.36. The number of benzene rings is 3. The number of methoxy groups -OCH3 is 1. The van der Waals surface area contributed by atoms with Gasteiger partial charge in [0, 0.05) is 35.5 Å².